The Morgan fingerprint density at radius 3 is 2.78 bits per heavy atom. The molecular formula is C32H35ClF2N8O2. The molecule has 0 bridgehead atoms. The highest BCUT2D eigenvalue weighted by Crippen LogP contribution is 2.37. The smallest absolute Gasteiger partial charge is 0.318 e. The standard InChI is InChI=1S/C25H23ClFN7O2.C7H12FN/c1-4-18(35)34-9-8-14(12-34)33(2)24-15-11-29-23(20(27)21(15)31-25(32-24)36-3)22-19-13(10-17(28)30-22)6-5-7-16(19)26;8-6-4-7-2-1-3-9(7)5-6/h4-7,10-11,14H,1,8-9,12H2,2-3H3,(H2,28,30);6-7H,1-5H2. The molecular weight excluding hydrogens is 602 g/mol. The van der Waals surface area contributed by atoms with Gasteiger partial charge in [0.05, 0.1) is 17.5 Å². The zero-order valence-electron chi connectivity index (χ0n) is 25.2. The van der Waals surface area contributed by atoms with E-state index in [2.05, 4.69) is 31.4 Å². The van der Waals surface area contributed by atoms with E-state index in [4.69, 9.17) is 22.1 Å². The second-order valence-electron chi connectivity index (χ2n) is 11.6. The Labute approximate surface area is 264 Å². The minimum Gasteiger partial charge on any atom is -0.467 e. The second kappa shape index (κ2) is 12.7. The number of nitrogen functional groups attached to an aromatic ring is 1. The molecule has 3 aromatic heterocycles. The highest BCUT2D eigenvalue weighted by Gasteiger charge is 2.35. The number of anilines is 2. The molecule has 236 valence electrons. The number of benzene rings is 1. The zero-order chi connectivity index (χ0) is 31.8. The van der Waals surface area contributed by atoms with Crippen molar-refractivity contribution in [2.45, 2.75) is 43.9 Å². The van der Waals surface area contributed by atoms with Gasteiger partial charge in [-0.2, -0.15) is 9.97 Å². The number of carbonyl (C=O) groups is 1. The van der Waals surface area contributed by atoms with Gasteiger partial charge < -0.3 is 20.3 Å². The van der Waals surface area contributed by atoms with E-state index < -0.39 is 12.0 Å². The molecule has 7 rings (SSSR count). The average Bonchev–Trinajstić information content (AvgIpc) is 3.77. The molecule has 0 aliphatic carbocycles. The fourth-order valence-corrected chi connectivity index (χ4v) is 6.86. The maximum atomic E-state index is 16.1. The highest BCUT2D eigenvalue weighted by molar-refractivity contribution is 6.36. The first-order valence-electron chi connectivity index (χ1n) is 15.0. The molecule has 13 heteroatoms. The van der Waals surface area contributed by atoms with Gasteiger partial charge in [0.25, 0.3) is 0 Å². The number of fused-ring (bicyclic) bond motifs is 3. The topological polar surface area (TPSA) is 114 Å². The lowest BCUT2D eigenvalue weighted by atomic mass is 10.1. The van der Waals surface area contributed by atoms with Gasteiger partial charge in [-0.1, -0.05) is 30.3 Å². The first kappa shape index (κ1) is 30.8. The molecule has 3 fully saturated rings. The van der Waals surface area contributed by atoms with Crippen LogP contribution in [-0.2, 0) is 4.79 Å². The Morgan fingerprint density at radius 1 is 1.20 bits per heavy atom. The van der Waals surface area contributed by atoms with Crippen LogP contribution in [0.4, 0.5) is 20.4 Å². The molecule has 45 heavy (non-hydrogen) atoms. The minimum atomic E-state index is -0.697. The highest BCUT2D eigenvalue weighted by atomic mass is 35.5. The average molecular weight is 637 g/mol. The molecule has 6 heterocycles. The predicted octanol–water partition coefficient (Wildman–Crippen LogP) is 5.04. The molecule has 1 aromatic carbocycles. The van der Waals surface area contributed by atoms with Crippen LogP contribution in [0.3, 0.4) is 0 Å². The summed E-state index contributed by atoms with van der Waals surface area (Å²) in [4.78, 5) is 35.5. The minimum absolute atomic E-state index is 0.000784. The number of nitrogens with zero attached hydrogens (tertiary/aromatic N) is 7. The van der Waals surface area contributed by atoms with Crippen LogP contribution in [0.5, 0.6) is 6.01 Å². The summed E-state index contributed by atoms with van der Waals surface area (Å²) in [6.45, 7) is 6.49. The number of carbonyl (C=O) groups excluding carboxylic acids is 1. The lowest BCUT2D eigenvalue weighted by Crippen LogP contribution is -2.36. The summed E-state index contributed by atoms with van der Waals surface area (Å²) in [6, 6.07) is 7.54. The maximum Gasteiger partial charge on any atom is 0.318 e. The summed E-state index contributed by atoms with van der Waals surface area (Å²) < 4.78 is 34.0. The number of halogens is 3. The number of amides is 1. The Hall–Kier alpha value is -4.16. The van der Waals surface area contributed by atoms with Crippen LogP contribution in [0, 0.1) is 5.82 Å². The number of likely N-dealkylation sites (tertiary alicyclic amines) is 1. The van der Waals surface area contributed by atoms with E-state index in [1.54, 1.807) is 23.1 Å². The van der Waals surface area contributed by atoms with Crippen LogP contribution in [-0.4, -0.2) is 94.2 Å². The zero-order valence-corrected chi connectivity index (χ0v) is 26.0. The third kappa shape index (κ3) is 5.96. The van der Waals surface area contributed by atoms with E-state index >= 15 is 4.39 Å². The van der Waals surface area contributed by atoms with Crippen molar-refractivity contribution in [2.24, 2.45) is 0 Å². The van der Waals surface area contributed by atoms with Gasteiger partial charge in [0.1, 0.15) is 34.7 Å². The third-order valence-electron chi connectivity index (χ3n) is 8.87. The molecule has 10 nitrogen and oxygen atoms in total. The number of hydrogen-bond acceptors (Lipinski definition) is 9. The monoisotopic (exact) mass is 636 g/mol. The first-order chi connectivity index (χ1) is 21.7. The van der Waals surface area contributed by atoms with Crippen molar-refractivity contribution in [3.8, 4) is 17.4 Å². The van der Waals surface area contributed by atoms with Crippen molar-refractivity contribution in [3.05, 3.63) is 54.0 Å². The van der Waals surface area contributed by atoms with E-state index in [1.165, 1.54) is 32.2 Å². The molecule has 3 saturated heterocycles. The molecule has 1 amide bonds. The van der Waals surface area contributed by atoms with Crippen LogP contribution in [0.15, 0.2) is 43.1 Å². The number of pyridine rings is 2. The summed E-state index contributed by atoms with van der Waals surface area (Å²) in [5.74, 6) is -0.177. The Morgan fingerprint density at radius 2 is 2.02 bits per heavy atom. The van der Waals surface area contributed by atoms with E-state index in [9.17, 15) is 9.18 Å². The summed E-state index contributed by atoms with van der Waals surface area (Å²) >= 11 is 6.45. The quantitative estimate of drug-likeness (QED) is 0.301. The molecule has 0 radical (unpaired) electrons. The van der Waals surface area contributed by atoms with Crippen LogP contribution < -0.4 is 15.4 Å². The van der Waals surface area contributed by atoms with Gasteiger partial charge in [0.15, 0.2) is 5.82 Å². The van der Waals surface area contributed by atoms with E-state index in [-0.39, 0.29) is 40.7 Å². The largest absolute Gasteiger partial charge is 0.467 e. The Bertz CT molecular complexity index is 1760. The third-order valence-corrected chi connectivity index (χ3v) is 9.18. The van der Waals surface area contributed by atoms with Crippen LogP contribution in [0.25, 0.3) is 33.1 Å². The van der Waals surface area contributed by atoms with Crippen LogP contribution in [0.2, 0.25) is 5.02 Å². The van der Waals surface area contributed by atoms with Gasteiger partial charge in [-0.3, -0.25) is 14.7 Å². The van der Waals surface area contributed by atoms with Crippen molar-refractivity contribution in [3.63, 3.8) is 0 Å². The van der Waals surface area contributed by atoms with Crippen molar-refractivity contribution in [1.29, 1.82) is 0 Å². The first-order valence-corrected chi connectivity index (χ1v) is 15.3. The molecule has 0 saturated carbocycles. The molecule has 3 aliphatic rings. The molecule has 2 N–H and O–H groups in total. The molecule has 3 unspecified atom stereocenters. The summed E-state index contributed by atoms with van der Waals surface area (Å²) in [6.07, 6.45) is 6.34. The second-order valence-corrected chi connectivity index (χ2v) is 12.0. The van der Waals surface area contributed by atoms with Gasteiger partial charge in [-0.15, -0.1) is 0 Å². The number of ether oxygens (including phenoxy) is 1. The van der Waals surface area contributed by atoms with Crippen molar-refractivity contribution >= 4 is 50.8 Å². The summed E-state index contributed by atoms with van der Waals surface area (Å²) in [5, 5.41) is 2.05. The maximum absolute atomic E-state index is 16.1. The Balaban J connectivity index is 0.000000337. The number of alkyl halides is 1. The van der Waals surface area contributed by atoms with Gasteiger partial charge in [-0.05, 0) is 55.8 Å². The molecule has 0 spiro atoms. The predicted molar refractivity (Wildman–Crippen MR) is 172 cm³/mol. The lowest BCUT2D eigenvalue weighted by molar-refractivity contribution is -0.125. The number of hydrogen-bond donors (Lipinski definition) is 1. The van der Waals surface area contributed by atoms with Crippen molar-refractivity contribution < 1.29 is 18.3 Å². The lowest BCUT2D eigenvalue weighted by Gasteiger charge is -2.27. The fraction of sp³-hybridized carbons (Fsp3) is 0.406. The number of nitrogens with two attached hydrogens (primary N) is 1. The molecule has 4 aromatic rings. The normalized spacial score (nSPS) is 21.1. The Kier molecular flexibility index (Phi) is 8.69. The number of rotatable bonds is 5. The number of aromatic nitrogens is 4. The molecule has 3 atom stereocenters. The number of likely N-dealkylation sites (N-methyl/N-ethyl adjacent to an activating group) is 1. The van der Waals surface area contributed by atoms with Crippen molar-refractivity contribution in [2.75, 3.05) is 51.0 Å². The van der Waals surface area contributed by atoms with Crippen LogP contribution >= 0.6 is 11.6 Å². The van der Waals surface area contributed by atoms with Gasteiger partial charge in [0, 0.05) is 50.3 Å². The summed E-state index contributed by atoms with van der Waals surface area (Å²) in [7, 11) is 3.25. The van der Waals surface area contributed by atoms with Gasteiger partial charge in [0.2, 0.25) is 5.91 Å². The van der Waals surface area contributed by atoms with E-state index in [0.29, 0.717) is 52.7 Å². The van der Waals surface area contributed by atoms with Gasteiger partial charge >= 0.3 is 6.01 Å². The van der Waals surface area contributed by atoms with Gasteiger partial charge in [-0.25, -0.2) is 13.8 Å². The molecule has 3 aliphatic heterocycles. The number of methoxy groups -OCH3 is 1. The SMILES string of the molecule is C=CC(=O)N1CCC(N(C)c2nc(OC)nc3c(F)c(-c4nc(N)cc5cccc(Cl)c45)ncc23)C1.FC1CC2CCCN2C1. The summed E-state index contributed by atoms with van der Waals surface area (Å²) in [5.41, 5.74) is 6.21. The van der Waals surface area contributed by atoms with E-state index in [0.717, 1.165) is 19.4 Å². The van der Waals surface area contributed by atoms with Crippen LogP contribution in [0.1, 0.15) is 25.7 Å². The van der Waals surface area contributed by atoms with Crippen molar-refractivity contribution in [1.82, 2.24) is 29.7 Å². The fourth-order valence-electron chi connectivity index (χ4n) is 6.59. The van der Waals surface area contributed by atoms with E-state index in [1.807, 2.05) is 18.0 Å².